The van der Waals surface area contributed by atoms with E-state index in [0.717, 1.165) is 12.8 Å². The fourth-order valence-corrected chi connectivity index (χ4v) is 0.855. The third kappa shape index (κ3) is 5.49. The van der Waals surface area contributed by atoms with Crippen molar-refractivity contribution in [2.75, 3.05) is 0 Å². The maximum Gasteiger partial charge on any atom is 4.00 e. The van der Waals surface area contributed by atoms with Crippen LogP contribution >= 0.6 is 0 Å². The van der Waals surface area contributed by atoms with E-state index in [1.54, 1.807) is 0 Å². The van der Waals surface area contributed by atoms with Crippen molar-refractivity contribution in [1.82, 2.24) is 0 Å². The quantitative estimate of drug-likeness (QED) is 0.568. The van der Waals surface area contributed by atoms with E-state index in [9.17, 15) is 0 Å². The van der Waals surface area contributed by atoms with Crippen LogP contribution in [0.1, 0.15) is 22.6 Å². The third-order valence-corrected chi connectivity index (χ3v) is 1.45. The molecule has 0 amide bonds. The number of allylic oxidation sites excluding steroid dienone is 8. The largest absolute Gasteiger partial charge is 4.00 e. The first-order chi connectivity index (χ1) is 5.39. The molecular formula is C11H14Zr. The van der Waals surface area contributed by atoms with Gasteiger partial charge < -0.3 is 2.85 Å². The Labute approximate surface area is 96.8 Å². The molecule has 0 aromatic carbocycles. The zero-order valence-electron chi connectivity index (χ0n) is 9.30. The molecule has 2 rings (SSSR count). The summed E-state index contributed by atoms with van der Waals surface area (Å²) < 4.78 is 0. The van der Waals surface area contributed by atoms with Gasteiger partial charge in [0, 0.05) is 0 Å². The van der Waals surface area contributed by atoms with Crippen molar-refractivity contribution in [3.63, 3.8) is 0 Å². The van der Waals surface area contributed by atoms with Crippen molar-refractivity contribution in [2.24, 2.45) is 0 Å². The second kappa shape index (κ2) is 7.49. The van der Waals surface area contributed by atoms with Crippen molar-refractivity contribution in [3.05, 3.63) is 48.1 Å². The van der Waals surface area contributed by atoms with Crippen LogP contribution in [-0.2, 0) is 26.2 Å². The second-order valence-electron chi connectivity index (χ2n) is 2.47. The standard InChI is InChI=1S/C6H7.C5H5.Zr.2H/c1-6-4-2-3-5-6;1-2-4-5-3-1;;;/h2,4H,3H2,1H3;1-3H,4H2;;;/q2*-1;+4;2*-1. The van der Waals surface area contributed by atoms with Crippen LogP contribution in [0.2, 0.25) is 0 Å². The predicted molar refractivity (Wildman–Crippen MR) is 50.0 cm³/mol. The van der Waals surface area contributed by atoms with E-state index >= 15 is 0 Å². The predicted octanol–water partition coefficient (Wildman–Crippen LogP) is 3.22. The Morgan fingerprint density at radius 2 is 2.17 bits per heavy atom. The summed E-state index contributed by atoms with van der Waals surface area (Å²) in [4.78, 5) is 0. The van der Waals surface area contributed by atoms with Crippen LogP contribution in [0, 0.1) is 12.2 Å². The van der Waals surface area contributed by atoms with Crippen LogP contribution in [0.15, 0.2) is 36.0 Å². The van der Waals surface area contributed by atoms with Gasteiger partial charge in [-0.05, 0) is 0 Å². The van der Waals surface area contributed by atoms with Gasteiger partial charge in [0.2, 0.25) is 0 Å². The molecule has 12 heavy (non-hydrogen) atoms. The van der Waals surface area contributed by atoms with E-state index < -0.39 is 0 Å². The van der Waals surface area contributed by atoms with E-state index in [-0.39, 0.29) is 29.1 Å². The van der Waals surface area contributed by atoms with Gasteiger partial charge in [0.15, 0.2) is 0 Å². The Morgan fingerprint density at radius 1 is 1.33 bits per heavy atom. The maximum atomic E-state index is 3.12. The van der Waals surface area contributed by atoms with Gasteiger partial charge in [-0.25, -0.2) is 23.8 Å². The summed E-state index contributed by atoms with van der Waals surface area (Å²) in [7, 11) is 0. The van der Waals surface area contributed by atoms with Crippen molar-refractivity contribution in [3.8, 4) is 0 Å². The van der Waals surface area contributed by atoms with Crippen molar-refractivity contribution in [1.29, 1.82) is 0 Å². The van der Waals surface area contributed by atoms with Crippen LogP contribution in [0.5, 0.6) is 0 Å². The zero-order chi connectivity index (χ0) is 7.94. The zero-order valence-corrected chi connectivity index (χ0v) is 9.76. The molecule has 0 nitrogen and oxygen atoms in total. The Hall–Kier alpha value is -0.157. The van der Waals surface area contributed by atoms with E-state index in [2.05, 4.69) is 37.3 Å². The average molecular weight is 237 g/mol. The first-order valence-electron chi connectivity index (χ1n) is 3.85. The van der Waals surface area contributed by atoms with Gasteiger partial charge in [-0.2, -0.15) is 12.2 Å². The Bertz CT molecular complexity index is 215. The molecule has 0 aromatic heterocycles. The molecule has 0 radical (unpaired) electrons. The normalized spacial score (nSPS) is 16.6. The summed E-state index contributed by atoms with van der Waals surface area (Å²) in [6.07, 6.45) is 18.3. The minimum absolute atomic E-state index is 0. The van der Waals surface area contributed by atoms with Crippen LogP contribution in [0.25, 0.3) is 0 Å². The summed E-state index contributed by atoms with van der Waals surface area (Å²) in [5.41, 5.74) is 1.27. The van der Waals surface area contributed by atoms with Gasteiger partial charge in [0.25, 0.3) is 0 Å². The van der Waals surface area contributed by atoms with Crippen LogP contribution in [0.4, 0.5) is 0 Å². The smallest absolute Gasteiger partial charge is 1.00 e. The van der Waals surface area contributed by atoms with Crippen LogP contribution in [0.3, 0.4) is 0 Å². The Kier molecular flexibility index (Phi) is 7.39. The van der Waals surface area contributed by atoms with Crippen LogP contribution < -0.4 is 0 Å². The number of hydrogen-bond donors (Lipinski definition) is 0. The summed E-state index contributed by atoms with van der Waals surface area (Å²) in [6, 6.07) is 0. The molecule has 0 unspecified atom stereocenters. The van der Waals surface area contributed by atoms with Gasteiger partial charge in [-0.3, -0.25) is 12.2 Å². The van der Waals surface area contributed by atoms with Gasteiger partial charge in [-0.15, -0.1) is 12.8 Å². The molecule has 0 aliphatic heterocycles. The Balaban J connectivity index is -0.000000144. The molecule has 0 heterocycles. The number of hydrogen-bond acceptors (Lipinski definition) is 0. The molecule has 62 valence electrons. The van der Waals surface area contributed by atoms with Crippen molar-refractivity contribution < 1.29 is 29.1 Å². The molecule has 0 spiro atoms. The molecule has 0 fully saturated rings. The minimum atomic E-state index is 0. The van der Waals surface area contributed by atoms with Crippen molar-refractivity contribution in [2.45, 2.75) is 19.8 Å². The molecule has 1 heteroatoms. The molecule has 0 saturated heterocycles. The topological polar surface area (TPSA) is 0 Å². The first kappa shape index (κ1) is 11.8. The van der Waals surface area contributed by atoms with E-state index in [4.69, 9.17) is 0 Å². The summed E-state index contributed by atoms with van der Waals surface area (Å²) in [5, 5.41) is 0. The maximum absolute atomic E-state index is 3.12. The SMILES string of the molecule is CC1=[C-]CC=C1.[C-]1=CC=CC1.[H-].[H-].[Zr+4]. The van der Waals surface area contributed by atoms with Gasteiger partial charge in [0.1, 0.15) is 0 Å². The second-order valence-corrected chi connectivity index (χ2v) is 2.47. The summed E-state index contributed by atoms with van der Waals surface area (Å²) >= 11 is 0. The van der Waals surface area contributed by atoms with Gasteiger partial charge >= 0.3 is 26.2 Å². The van der Waals surface area contributed by atoms with Crippen molar-refractivity contribution >= 4 is 0 Å². The van der Waals surface area contributed by atoms with Gasteiger partial charge in [0.05, 0.1) is 0 Å². The monoisotopic (exact) mass is 236 g/mol. The van der Waals surface area contributed by atoms with Crippen LogP contribution in [-0.4, -0.2) is 0 Å². The molecule has 2 aliphatic carbocycles. The molecule has 0 N–H and O–H groups in total. The van der Waals surface area contributed by atoms with E-state index in [0.29, 0.717) is 0 Å². The average Bonchev–Trinajstić information content (AvgIpc) is 2.57. The minimum Gasteiger partial charge on any atom is -1.00 e. The first-order valence-corrected chi connectivity index (χ1v) is 3.85. The summed E-state index contributed by atoms with van der Waals surface area (Å²) in [5.74, 6) is 0. The molecule has 0 atom stereocenters. The molecule has 2 aliphatic rings. The molecule has 0 bridgehead atoms. The fourth-order valence-electron chi connectivity index (χ4n) is 0.855. The fraction of sp³-hybridized carbons (Fsp3) is 0.273. The number of rotatable bonds is 0. The third-order valence-electron chi connectivity index (χ3n) is 1.45. The molecule has 0 aromatic rings. The Morgan fingerprint density at radius 3 is 2.33 bits per heavy atom. The van der Waals surface area contributed by atoms with Gasteiger partial charge in [-0.1, -0.05) is 6.92 Å². The molecular weight excluding hydrogens is 223 g/mol. The van der Waals surface area contributed by atoms with E-state index in [1.807, 2.05) is 12.2 Å². The summed E-state index contributed by atoms with van der Waals surface area (Å²) in [6.45, 7) is 2.06. The van der Waals surface area contributed by atoms with E-state index in [1.165, 1.54) is 5.57 Å². The molecule has 0 saturated carbocycles.